The molecule has 76 valence electrons. The van der Waals surface area contributed by atoms with Crippen LogP contribution in [0.5, 0.6) is 5.75 Å². The van der Waals surface area contributed by atoms with Gasteiger partial charge in [-0.05, 0) is 12.1 Å². The van der Waals surface area contributed by atoms with Crippen molar-refractivity contribution in [2.24, 2.45) is 0 Å². The van der Waals surface area contributed by atoms with Crippen molar-refractivity contribution in [1.82, 2.24) is 0 Å². The zero-order chi connectivity index (χ0) is 10.6. The molecule has 0 aliphatic rings. The van der Waals surface area contributed by atoms with Gasteiger partial charge in [-0.2, -0.15) is 0 Å². The third-order valence-corrected chi connectivity index (χ3v) is 2.34. The van der Waals surface area contributed by atoms with E-state index in [1.54, 1.807) is 18.2 Å². The number of ketones is 1. The van der Waals surface area contributed by atoms with E-state index in [-0.39, 0.29) is 18.3 Å². The summed E-state index contributed by atoms with van der Waals surface area (Å²) in [6.07, 6.45) is 0. The molecule has 0 unspecified atom stereocenters. The number of hydrogen-bond acceptors (Lipinski definition) is 2. The van der Waals surface area contributed by atoms with Crippen LogP contribution in [0.2, 0.25) is 10.0 Å². The number of hydrogen-bond donors (Lipinski definition) is 0. The van der Waals surface area contributed by atoms with Gasteiger partial charge in [-0.3, -0.25) is 4.79 Å². The van der Waals surface area contributed by atoms with Crippen LogP contribution in [0.4, 0.5) is 0 Å². The second-order valence-electron chi connectivity index (χ2n) is 2.51. The lowest BCUT2D eigenvalue weighted by Gasteiger charge is -2.07. The second-order valence-corrected chi connectivity index (χ2v) is 3.59. The maximum atomic E-state index is 10.9. The van der Waals surface area contributed by atoms with Crippen molar-refractivity contribution < 1.29 is 9.53 Å². The van der Waals surface area contributed by atoms with E-state index in [1.807, 2.05) is 0 Å². The first-order valence-electron chi connectivity index (χ1n) is 3.79. The van der Waals surface area contributed by atoms with Gasteiger partial charge in [0.1, 0.15) is 6.61 Å². The van der Waals surface area contributed by atoms with Crippen LogP contribution in [-0.2, 0) is 4.79 Å². The molecule has 0 bridgehead atoms. The fraction of sp³-hybridized carbons (Fsp3) is 0.222. The zero-order valence-electron chi connectivity index (χ0n) is 7.10. The normalized spacial score (nSPS) is 9.93. The molecular weight excluding hydrogens is 246 g/mol. The molecule has 0 spiro atoms. The van der Waals surface area contributed by atoms with Crippen LogP contribution < -0.4 is 4.74 Å². The van der Waals surface area contributed by atoms with Crippen molar-refractivity contribution in [1.29, 1.82) is 0 Å². The summed E-state index contributed by atoms with van der Waals surface area (Å²) in [6.45, 7) is -0.118. The highest BCUT2D eigenvalue weighted by molar-refractivity contribution is 6.37. The van der Waals surface area contributed by atoms with Crippen molar-refractivity contribution in [2.45, 2.75) is 0 Å². The van der Waals surface area contributed by atoms with Gasteiger partial charge in [-0.25, -0.2) is 0 Å². The van der Waals surface area contributed by atoms with Crippen molar-refractivity contribution in [3.63, 3.8) is 0 Å². The van der Waals surface area contributed by atoms with Crippen molar-refractivity contribution in [3.8, 4) is 5.75 Å². The van der Waals surface area contributed by atoms with Crippen LogP contribution in [0.1, 0.15) is 0 Å². The first-order valence-corrected chi connectivity index (χ1v) is 5.08. The quantitative estimate of drug-likeness (QED) is 0.771. The summed E-state index contributed by atoms with van der Waals surface area (Å²) in [5, 5.41) is 0.750. The van der Waals surface area contributed by atoms with Gasteiger partial charge < -0.3 is 4.74 Å². The molecule has 0 radical (unpaired) electrons. The van der Waals surface area contributed by atoms with E-state index in [0.717, 1.165) is 0 Å². The smallest absolute Gasteiger partial charge is 0.184 e. The monoisotopic (exact) mass is 252 g/mol. The molecule has 14 heavy (non-hydrogen) atoms. The number of ether oxygens (including phenoxy) is 1. The lowest BCUT2D eigenvalue weighted by atomic mass is 10.3. The van der Waals surface area contributed by atoms with Gasteiger partial charge >= 0.3 is 0 Å². The molecule has 1 aromatic rings. The fourth-order valence-electron chi connectivity index (χ4n) is 0.812. The zero-order valence-corrected chi connectivity index (χ0v) is 9.36. The van der Waals surface area contributed by atoms with E-state index in [9.17, 15) is 4.79 Å². The standard InChI is InChI=1S/C9H7Cl3O2/c10-4-6(13)5-14-9-7(11)2-1-3-8(9)12/h1-3H,4-5H2. The van der Waals surface area contributed by atoms with Gasteiger partial charge in [-0.15, -0.1) is 11.6 Å². The van der Waals surface area contributed by atoms with Gasteiger partial charge in [0.05, 0.1) is 15.9 Å². The number of halogens is 3. The third kappa shape index (κ3) is 3.05. The summed E-state index contributed by atoms with van der Waals surface area (Å²) in [6, 6.07) is 4.96. The van der Waals surface area contributed by atoms with Gasteiger partial charge in [-0.1, -0.05) is 29.3 Å². The molecule has 1 rings (SSSR count). The van der Waals surface area contributed by atoms with Crippen LogP contribution in [0.15, 0.2) is 18.2 Å². The molecule has 5 heteroatoms. The summed E-state index contributed by atoms with van der Waals surface area (Å²) in [4.78, 5) is 10.9. The molecular formula is C9H7Cl3O2. The minimum Gasteiger partial charge on any atom is -0.483 e. The average Bonchev–Trinajstić information content (AvgIpc) is 2.16. The van der Waals surface area contributed by atoms with E-state index in [2.05, 4.69) is 0 Å². The molecule has 0 saturated heterocycles. The van der Waals surface area contributed by atoms with Crippen LogP contribution >= 0.6 is 34.8 Å². The Kier molecular flexibility index (Phi) is 4.52. The minimum absolute atomic E-state index is 0.0813. The molecule has 1 aromatic carbocycles. The predicted octanol–water partition coefficient (Wildman–Crippen LogP) is 3.18. The summed E-state index contributed by atoms with van der Waals surface area (Å²) < 4.78 is 5.12. The predicted molar refractivity (Wildman–Crippen MR) is 57.7 cm³/mol. The highest BCUT2D eigenvalue weighted by atomic mass is 35.5. The largest absolute Gasteiger partial charge is 0.483 e. The topological polar surface area (TPSA) is 26.3 Å². The Morgan fingerprint density at radius 2 is 1.86 bits per heavy atom. The molecule has 0 atom stereocenters. The Hall–Kier alpha value is -0.440. The number of rotatable bonds is 4. The SMILES string of the molecule is O=C(CCl)COc1c(Cl)cccc1Cl. The van der Waals surface area contributed by atoms with E-state index in [4.69, 9.17) is 39.5 Å². The van der Waals surface area contributed by atoms with Crippen LogP contribution in [0, 0.1) is 0 Å². The first kappa shape index (κ1) is 11.6. The molecule has 0 aliphatic carbocycles. The van der Waals surface area contributed by atoms with Crippen LogP contribution in [-0.4, -0.2) is 18.3 Å². The van der Waals surface area contributed by atoms with Crippen molar-refractivity contribution >= 4 is 40.6 Å². The van der Waals surface area contributed by atoms with Crippen LogP contribution in [0.3, 0.4) is 0 Å². The van der Waals surface area contributed by atoms with Crippen molar-refractivity contribution in [2.75, 3.05) is 12.5 Å². The Labute approximate surface area is 96.7 Å². The number of carbonyl (C=O) groups excluding carboxylic acids is 1. The summed E-state index contributed by atoms with van der Waals surface area (Å²) in [5.41, 5.74) is 0. The minimum atomic E-state index is -0.220. The summed E-state index contributed by atoms with van der Waals surface area (Å²) >= 11 is 16.9. The number of alkyl halides is 1. The number of carbonyl (C=O) groups is 1. The highest BCUT2D eigenvalue weighted by Crippen LogP contribution is 2.32. The number of benzene rings is 1. The lowest BCUT2D eigenvalue weighted by molar-refractivity contribution is -0.118. The summed E-state index contributed by atoms with van der Waals surface area (Å²) in [5.74, 6) is 0.0131. The first-order chi connectivity index (χ1) is 6.65. The van der Waals surface area contributed by atoms with E-state index >= 15 is 0 Å². The maximum absolute atomic E-state index is 10.9. The third-order valence-electron chi connectivity index (χ3n) is 1.45. The molecule has 0 fully saturated rings. The van der Waals surface area contributed by atoms with Crippen LogP contribution in [0.25, 0.3) is 0 Å². The van der Waals surface area contributed by atoms with Gasteiger partial charge in [0.25, 0.3) is 0 Å². The molecule has 2 nitrogen and oxygen atoms in total. The van der Waals surface area contributed by atoms with Crippen molar-refractivity contribution in [3.05, 3.63) is 28.2 Å². The Balaban J connectivity index is 2.71. The number of para-hydroxylation sites is 1. The number of Topliss-reactive ketones (excluding diaryl/α,β-unsaturated/α-hetero) is 1. The molecule has 0 saturated carbocycles. The maximum Gasteiger partial charge on any atom is 0.184 e. The Morgan fingerprint density at radius 1 is 1.29 bits per heavy atom. The molecule has 0 amide bonds. The van der Waals surface area contributed by atoms with Gasteiger partial charge in [0.15, 0.2) is 11.5 Å². The molecule has 0 aromatic heterocycles. The van der Waals surface area contributed by atoms with Gasteiger partial charge in [0, 0.05) is 0 Å². The lowest BCUT2D eigenvalue weighted by Crippen LogP contribution is -2.12. The average molecular weight is 254 g/mol. The molecule has 0 aliphatic heterocycles. The summed E-state index contributed by atoms with van der Waals surface area (Å²) in [7, 11) is 0. The Bertz CT molecular complexity index is 319. The Morgan fingerprint density at radius 3 is 2.36 bits per heavy atom. The highest BCUT2D eigenvalue weighted by Gasteiger charge is 2.08. The molecule has 0 N–H and O–H groups in total. The fourth-order valence-corrected chi connectivity index (χ4v) is 1.40. The second kappa shape index (κ2) is 5.44. The van der Waals surface area contributed by atoms with Gasteiger partial charge in [0.2, 0.25) is 0 Å². The van der Waals surface area contributed by atoms with E-state index in [1.165, 1.54) is 0 Å². The van der Waals surface area contributed by atoms with E-state index in [0.29, 0.717) is 15.8 Å². The van der Waals surface area contributed by atoms with E-state index < -0.39 is 0 Å². The molecule has 0 heterocycles.